The topological polar surface area (TPSA) is 41.5 Å². The molecule has 0 aliphatic rings. The minimum Gasteiger partial charge on any atom is -0.267 e. The average Bonchev–Trinajstić information content (AvgIpc) is 2.41. The third kappa shape index (κ3) is 3.85. The molecule has 0 saturated carbocycles. The molecular weight excluding hydrogens is 358 g/mol. The molecule has 3 nitrogen and oxygen atoms in total. The predicted octanol–water partition coefficient (Wildman–Crippen LogP) is 3.19. The highest BCUT2D eigenvalue weighted by molar-refractivity contribution is 14.1. The summed E-state index contributed by atoms with van der Waals surface area (Å²) in [7, 11) is 0. The van der Waals surface area contributed by atoms with Crippen molar-refractivity contribution < 1.29 is 9.18 Å². The molecule has 0 saturated heterocycles. The lowest BCUT2D eigenvalue weighted by molar-refractivity contribution is 0.0954. The molecule has 0 heterocycles. The standard InChI is InChI=1S/C14H10FIN2O/c15-12-6-3-5-10(8-12)14(19)18-17-9-11-4-1-2-7-13(11)16/h1-9H,(H,18,19)/b17-9+. The molecule has 2 aromatic carbocycles. The lowest BCUT2D eigenvalue weighted by Crippen LogP contribution is -2.17. The van der Waals surface area contributed by atoms with Gasteiger partial charge < -0.3 is 0 Å². The van der Waals surface area contributed by atoms with Crippen LogP contribution < -0.4 is 5.43 Å². The molecule has 0 aliphatic carbocycles. The first-order valence-electron chi connectivity index (χ1n) is 5.50. The molecule has 2 rings (SSSR count). The van der Waals surface area contributed by atoms with Crippen molar-refractivity contribution in [2.24, 2.45) is 5.10 Å². The molecule has 1 N–H and O–H groups in total. The molecule has 0 aromatic heterocycles. The van der Waals surface area contributed by atoms with E-state index in [1.165, 1.54) is 18.2 Å². The number of carbonyl (C=O) groups is 1. The first-order valence-corrected chi connectivity index (χ1v) is 6.58. The molecule has 0 spiro atoms. The third-order valence-corrected chi connectivity index (χ3v) is 3.34. The number of halogens is 2. The van der Waals surface area contributed by atoms with Crippen LogP contribution in [0.25, 0.3) is 0 Å². The van der Waals surface area contributed by atoms with Gasteiger partial charge in [-0.2, -0.15) is 5.10 Å². The number of benzene rings is 2. The van der Waals surface area contributed by atoms with E-state index in [9.17, 15) is 9.18 Å². The van der Waals surface area contributed by atoms with Crippen LogP contribution in [0.15, 0.2) is 53.6 Å². The Morgan fingerprint density at radius 2 is 2.00 bits per heavy atom. The molecule has 0 bridgehead atoms. The fraction of sp³-hybridized carbons (Fsp3) is 0. The van der Waals surface area contributed by atoms with Crippen LogP contribution in [0, 0.1) is 9.39 Å². The van der Waals surface area contributed by atoms with Crippen LogP contribution in [0.4, 0.5) is 4.39 Å². The maximum Gasteiger partial charge on any atom is 0.271 e. The monoisotopic (exact) mass is 368 g/mol. The highest BCUT2D eigenvalue weighted by atomic mass is 127. The van der Waals surface area contributed by atoms with Gasteiger partial charge in [0, 0.05) is 14.7 Å². The third-order valence-electron chi connectivity index (χ3n) is 2.36. The van der Waals surface area contributed by atoms with Crippen LogP contribution >= 0.6 is 22.6 Å². The zero-order valence-corrected chi connectivity index (χ0v) is 12.0. The first-order chi connectivity index (χ1) is 9.16. The Morgan fingerprint density at radius 3 is 2.74 bits per heavy atom. The minimum atomic E-state index is -0.450. The predicted molar refractivity (Wildman–Crippen MR) is 80.6 cm³/mol. The van der Waals surface area contributed by atoms with E-state index in [2.05, 4.69) is 33.1 Å². The number of nitrogens with one attached hydrogen (secondary N) is 1. The summed E-state index contributed by atoms with van der Waals surface area (Å²) in [5, 5.41) is 3.86. The van der Waals surface area contributed by atoms with Crippen molar-refractivity contribution in [3.8, 4) is 0 Å². The quantitative estimate of drug-likeness (QED) is 0.505. The number of nitrogens with zero attached hydrogens (tertiary/aromatic N) is 1. The summed E-state index contributed by atoms with van der Waals surface area (Å²) in [4.78, 5) is 11.7. The van der Waals surface area contributed by atoms with Gasteiger partial charge in [0.1, 0.15) is 5.82 Å². The van der Waals surface area contributed by atoms with Gasteiger partial charge in [-0.15, -0.1) is 0 Å². The average molecular weight is 368 g/mol. The highest BCUT2D eigenvalue weighted by Crippen LogP contribution is 2.08. The van der Waals surface area contributed by atoms with Crippen molar-refractivity contribution in [2.75, 3.05) is 0 Å². The largest absolute Gasteiger partial charge is 0.271 e. The van der Waals surface area contributed by atoms with E-state index in [0.29, 0.717) is 0 Å². The smallest absolute Gasteiger partial charge is 0.267 e. The lowest BCUT2D eigenvalue weighted by Gasteiger charge is -2.00. The van der Waals surface area contributed by atoms with Crippen LogP contribution in [0.5, 0.6) is 0 Å². The molecule has 0 aliphatic heterocycles. The second kappa shape index (κ2) is 6.42. The molecule has 19 heavy (non-hydrogen) atoms. The summed E-state index contributed by atoms with van der Waals surface area (Å²) < 4.78 is 14.0. The second-order valence-electron chi connectivity index (χ2n) is 3.73. The zero-order valence-electron chi connectivity index (χ0n) is 9.81. The number of hydrogen-bond acceptors (Lipinski definition) is 2. The number of amides is 1. The van der Waals surface area contributed by atoms with E-state index in [0.717, 1.165) is 15.2 Å². The van der Waals surface area contributed by atoms with Crippen molar-refractivity contribution >= 4 is 34.7 Å². The Kier molecular flexibility index (Phi) is 4.62. The van der Waals surface area contributed by atoms with Crippen molar-refractivity contribution in [3.05, 3.63) is 69.0 Å². The van der Waals surface area contributed by atoms with Gasteiger partial charge in [0.25, 0.3) is 5.91 Å². The summed E-state index contributed by atoms with van der Waals surface area (Å²) in [6.07, 6.45) is 1.55. The summed E-state index contributed by atoms with van der Waals surface area (Å²) in [5.74, 6) is -0.893. The first kappa shape index (κ1) is 13.7. The fourth-order valence-electron chi connectivity index (χ4n) is 1.43. The fourth-order valence-corrected chi connectivity index (χ4v) is 1.96. The molecule has 0 radical (unpaired) electrons. The van der Waals surface area contributed by atoms with Gasteiger partial charge in [0.15, 0.2) is 0 Å². The van der Waals surface area contributed by atoms with Crippen LogP contribution in [0.1, 0.15) is 15.9 Å². The van der Waals surface area contributed by atoms with E-state index in [-0.39, 0.29) is 5.56 Å². The highest BCUT2D eigenvalue weighted by Gasteiger charge is 2.04. The van der Waals surface area contributed by atoms with Crippen LogP contribution in [0.3, 0.4) is 0 Å². The molecule has 1 amide bonds. The molecule has 0 atom stereocenters. The zero-order chi connectivity index (χ0) is 13.7. The van der Waals surface area contributed by atoms with Crippen LogP contribution in [-0.4, -0.2) is 12.1 Å². The molecule has 96 valence electrons. The van der Waals surface area contributed by atoms with Gasteiger partial charge in [-0.3, -0.25) is 4.79 Å². The van der Waals surface area contributed by atoms with E-state index in [1.54, 1.807) is 6.21 Å². The normalized spacial score (nSPS) is 10.6. The van der Waals surface area contributed by atoms with Gasteiger partial charge in [-0.05, 0) is 46.9 Å². The van der Waals surface area contributed by atoms with Gasteiger partial charge in [-0.25, -0.2) is 9.82 Å². The lowest BCUT2D eigenvalue weighted by atomic mass is 10.2. The van der Waals surface area contributed by atoms with Crippen LogP contribution in [0.2, 0.25) is 0 Å². The maximum atomic E-state index is 12.9. The number of hydrogen-bond donors (Lipinski definition) is 1. The van der Waals surface area contributed by atoms with E-state index in [4.69, 9.17) is 0 Å². The number of carbonyl (C=O) groups excluding carboxylic acids is 1. The molecule has 0 fully saturated rings. The van der Waals surface area contributed by atoms with Gasteiger partial charge in [0.2, 0.25) is 0 Å². The van der Waals surface area contributed by atoms with Gasteiger partial charge in [0.05, 0.1) is 6.21 Å². The Bertz CT molecular complexity index is 628. The SMILES string of the molecule is O=C(N/N=C/c1ccccc1I)c1cccc(F)c1. The molecule has 2 aromatic rings. The number of rotatable bonds is 3. The maximum absolute atomic E-state index is 12.9. The summed E-state index contributed by atoms with van der Waals surface area (Å²) in [5.41, 5.74) is 3.50. The summed E-state index contributed by atoms with van der Waals surface area (Å²) in [6, 6.07) is 13.1. The Labute approximate surface area is 123 Å². The van der Waals surface area contributed by atoms with E-state index in [1.807, 2.05) is 24.3 Å². The van der Waals surface area contributed by atoms with Crippen LogP contribution in [-0.2, 0) is 0 Å². The Morgan fingerprint density at radius 1 is 1.21 bits per heavy atom. The van der Waals surface area contributed by atoms with E-state index < -0.39 is 11.7 Å². The van der Waals surface area contributed by atoms with Gasteiger partial charge in [-0.1, -0.05) is 24.3 Å². The number of hydrazone groups is 1. The second-order valence-corrected chi connectivity index (χ2v) is 4.89. The summed E-state index contributed by atoms with van der Waals surface area (Å²) >= 11 is 2.18. The van der Waals surface area contributed by atoms with Crippen molar-refractivity contribution in [2.45, 2.75) is 0 Å². The molecule has 5 heteroatoms. The van der Waals surface area contributed by atoms with E-state index >= 15 is 0 Å². The van der Waals surface area contributed by atoms with Gasteiger partial charge >= 0.3 is 0 Å². The Balaban J connectivity index is 2.03. The summed E-state index contributed by atoms with van der Waals surface area (Å²) in [6.45, 7) is 0. The Hall–Kier alpha value is -1.76. The van der Waals surface area contributed by atoms with Crippen molar-refractivity contribution in [1.29, 1.82) is 0 Å². The minimum absolute atomic E-state index is 0.236. The molecular formula is C14H10FIN2O. The van der Waals surface area contributed by atoms with Crippen molar-refractivity contribution in [3.63, 3.8) is 0 Å². The molecule has 0 unspecified atom stereocenters. The van der Waals surface area contributed by atoms with Crippen molar-refractivity contribution in [1.82, 2.24) is 5.43 Å².